The Kier molecular flexibility index (Phi) is 3.58. The molecule has 2 aliphatic rings. The van der Waals surface area contributed by atoms with E-state index in [0.717, 1.165) is 11.1 Å². The molecule has 3 amide bonds. The molecule has 2 heterocycles. The summed E-state index contributed by atoms with van der Waals surface area (Å²) in [6, 6.07) is 19.0. The molecule has 4 rings (SSSR count). The molecule has 2 saturated heterocycles. The summed E-state index contributed by atoms with van der Waals surface area (Å²) in [6.45, 7) is 0.345. The van der Waals surface area contributed by atoms with Crippen LogP contribution in [0.1, 0.15) is 16.5 Å². The van der Waals surface area contributed by atoms with E-state index in [-0.39, 0.29) is 23.4 Å². The van der Waals surface area contributed by atoms with Gasteiger partial charge in [-0.3, -0.25) is 14.6 Å². The van der Waals surface area contributed by atoms with E-state index in [9.17, 15) is 9.59 Å². The van der Waals surface area contributed by atoms with Crippen molar-refractivity contribution in [2.45, 2.75) is 18.0 Å². The van der Waals surface area contributed by atoms with Gasteiger partial charge < -0.3 is 0 Å². The fraction of sp³-hybridized carbons (Fsp3) is 0.222. The van der Waals surface area contributed by atoms with Gasteiger partial charge in [0.15, 0.2) is 0 Å². The second kappa shape index (κ2) is 5.74. The third-order valence-corrected chi connectivity index (χ3v) is 5.59. The fourth-order valence-electron chi connectivity index (χ4n) is 3.13. The number of fused-ring (bicyclic) bond motifs is 1. The highest BCUT2D eigenvalue weighted by Crippen LogP contribution is 2.45. The van der Waals surface area contributed by atoms with Gasteiger partial charge in [0, 0.05) is 5.75 Å². The summed E-state index contributed by atoms with van der Waals surface area (Å²) in [5.74, 6) is 0.583. The second-order valence-corrected chi connectivity index (χ2v) is 6.83. The maximum absolute atomic E-state index is 12.8. The quantitative estimate of drug-likeness (QED) is 0.814. The highest BCUT2D eigenvalue weighted by Gasteiger charge is 2.52. The van der Waals surface area contributed by atoms with Gasteiger partial charge in [0.25, 0.3) is 5.91 Å². The predicted octanol–water partition coefficient (Wildman–Crippen LogP) is 3.27. The van der Waals surface area contributed by atoms with Gasteiger partial charge in [-0.25, -0.2) is 4.79 Å². The molecule has 1 unspecified atom stereocenters. The molecular formula is C18H16N2O2S. The summed E-state index contributed by atoms with van der Waals surface area (Å²) >= 11 is 1.66. The number of hydrogen-bond donors (Lipinski definition) is 0. The first-order valence-corrected chi connectivity index (χ1v) is 8.65. The number of carbonyl (C=O) groups excluding carboxylic acids is 2. The SMILES string of the molecule is O=C1[C@@H]2CSC(c3ccccc3)N2C(=O)N1Cc1ccccc1. The average Bonchev–Trinajstić information content (AvgIpc) is 3.13. The lowest BCUT2D eigenvalue weighted by Gasteiger charge is -2.23. The Morgan fingerprint density at radius 3 is 2.30 bits per heavy atom. The van der Waals surface area contributed by atoms with E-state index in [1.165, 1.54) is 4.90 Å². The van der Waals surface area contributed by atoms with Crippen LogP contribution in [-0.4, -0.2) is 33.5 Å². The zero-order valence-electron chi connectivity index (χ0n) is 12.5. The summed E-state index contributed by atoms with van der Waals surface area (Å²) in [5.41, 5.74) is 2.04. The largest absolute Gasteiger partial charge is 0.328 e. The summed E-state index contributed by atoms with van der Waals surface area (Å²) in [4.78, 5) is 28.6. The van der Waals surface area contributed by atoms with Crippen LogP contribution in [0, 0.1) is 0 Å². The summed E-state index contributed by atoms with van der Waals surface area (Å²) < 4.78 is 0. The predicted molar refractivity (Wildman–Crippen MR) is 89.7 cm³/mol. The van der Waals surface area contributed by atoms with Gasteiger partial charge in [0.1, 0.15) is 11.4 Å². The van der Waals surface area contributed by atoms with E-state index < -0.39 is 0 Å². The molecule has 0 aromatic heterocycles. The third kappa shape index (κ3) is 2.41. The van der Waals surface area contributed by atoms with Crippen LogP contribution in [0.5, 0.6) is 0 Å². The summed E-state index contributed by atoms with van der Waals surface area (Å²) in [5, 5.41) is -0.0709. The van der Waals surface area contributed by atoms with E-state index in [4.69, 9.17) is 0 Å². The molecule has 2 fully saturated rings. The maximum Gasteiger partial charge on any atom is 0.328 e. The van der Waals surface area contributed by atoms with Crippen molar-refractivity contribution in [2.24, 2.45) is 0 Å². The van der Waals surface area contributed by atoms with Crippen molar-refractivity contribution >= 4 is 23.7 Å². The molecule has 0 N–H and O–H groups in total. The zero-order chi connectivity index (χ0) is 15.8. The monoisotopic (exact) mass is 324 g/mol. The molecule has 0 saturated carbocycles. The van der Waals surface area contributed by atoms with Gasteiger partial charge in [-0.1, -0.05) is 60.7 Å². The number of benzene rings is 2. The van der Waals surface area contributed by atoms with Crippen LogP contribution in [0.3, 0.4) is 0 Å². The Morgan fingerprint density at radius 2 is 1.61 bits per heavy atom. The van der Waals surface area contributed by atoms with Crippen molar-refractivity contribution < 1.29 is 9.59 Å². The lowest BCUT2D eigenvalue weighted by Crippen LogP contribution is -2.33. The summed E-state index contributed by atoms with van der Waals surface area (Å²) in [7, 11) is 0. The van der Waals surface area contributed by atoms with Crippen LogP contribution in [0.15, 0.2) is 60.7 Å². The smallest absolute Gasteiger partial charge is 0.295 e. The molecule has 23 heavy (non-hydrogen) atoms. The standard InChI is InChI=1S/C18H16N2O2S/c21-16-15-12-23-17(14-9-5-2-6-10-14)20(15)18(22)19(16)11-13-7-3-1-4-8-13/h1-10,15,17H,11-12H2/t15-,17?/m0/s1. The average molecular weight is 324 g/mol. The van der Waals surface area contributed by atoms with E-state index in [1.807, 2.05) is 60.7 Å². The number of urea groups is 1. The molecule has 0 spiro atoms. The highest BCUT2D eigenvalue weighted by atomic mass is 32.2. The molecule has 116 valence electrons. The summed E-state index contributed by atoms with van der Waals surface area (Å²) in [6.07, 6.45) is 0. The Bertz CT molecular complexity index is 735. The Labute approximate surface area is 139 Å². The molecule has 2 aliphatic heterocycles. The van der Waals surface area contributed by atoms with Gasteiger partial charge >= 0.3 is 6.03 Å². The van der Waals surface area contributed by atoms with Crippen molar-refractivity contribution in [3.05, 3.63) is 71.8 Å². The Hall–Kier alpha value is -2.27. The van der Waals surface area contributed by atoms with Gasteiger partial charge in [0.05, 0.1) is 6.54 Å². The number of imide groups is 1. The van der Waals surface area contributed by atoms with E-state index >= 15 is 0 Å². The molecule has 2 atom stereocenters. The molecule has 5 heteroatoms. The van der Waals surface area contributed by atoms with Crippen molar-refractivity contribution in [1.82, 2.24) is 9.80 Å². The number of nitrogens with zero attached hydrogens (tertiary/aromatic N) is 2. The molecule has 0 radical (unpaired) electrons. The Balaban J connectivity index is 1.60. The van der Waals surface area contributed by atoms with Gasteiger partial charge in [-0.15, -0.1) is 11.8 Å². The topological polar surface area (TPSA) is 40.6 Å². The zero-order valence-corrected chi connectivity index (χ0v) is 13.3. The minimum Gasteiger partial charge on any atom is -0.295 e. The van der Waals surface area contributed by atoms with Gasteiger partial charge in [-0.2, -0.15) is 0 Å². The fourth-order valence-corrected chi connectivity index (χ4v) is 4.54. The van der Waals surface area contributed by atoms with Crippen LogP contribution in [0.2, 0.25) is 0 Å². The molecular weight excluding hydrogens is 308 g/mol. The minimum absolute atomic E-state index is 0.0709. The second-order valence-electron chi connectivity index (χ2n) is 5.71. The maximum atomic E-state index is 12.8. The third-order valence-electron chi connectivity index (χ3n) is 4.27. The Morgan fingerprint density at radius 1 is 0.957 bits per heavy atom. The number of thioether (sulfide) groups is 1. The number of amides is 3. The van der Waals surface area contributed by atoms with E-state index in [1.54, 1.807) is 16.7 Å². The van der Waals surface area contributed by atoms with Crippen LogP contribution >= 0.6 is 11.8 Å². The van der Waals surface area contributed by atoms with Gasteiger partial charge in [-0.05, 0) is 11.1 Å². The van der Waals surface area contributed by atoms with Crippen molar-refractivity contribution in [1.29, 1.82) is 0 Å². The van der Waals surface area contributed by atoms with E-state index in [0.29, 0.717) is 12.3 Å². The first-order chi connectivity index (χ1) is 11.3. The number of rotatable bonds is 3. The number of carbonyl (C=O) groups is 2. The van der Waals surface area contributed by atoms with Crippen molar-refractivity contribution in [2.75, 3.05) is 5.75 Å². The van der Waals surface area contributed by atoms with Crippen molar-refractivity contribution in [3.8, 4) is 0 Å². The highest BCUT2D eigenvalue weighted by molar-refractivity contribution is 7.99. The van der Waals surface area contributed by atoms with Crippen LogP contribution in [-0.2, 0) is 11.3 Å². The first-order valence-electron chi connectivity index (χ1n) is 7.60. The van der Waals surface area contributed by atoms with E-state index in [2.05, 4.69) is 0 Å². The van der Waals surface area contributed by atoms with Crippen LogP contribution in [0.25, 0.3) is 0 Å². The molecule has 2 aromatic rings. The molecule has 0 aliphatic carbocycles. The number of hydrogen-bond acceptors (Lipinski definition) is 3. The lowest BCUT2D eigenvalue weighted by atomic mass is 10.2. The van der Waals surface area contributed by atoms with Crippen LogP contribution < -0.4 is 0 Å². The van der Waals surface area contributed by atoms with Crippen LogP contribution in [0.4, 0.5) is 4.79 Å². The molecule has 2 aromatic carbocycles. The first kappa shape index (κ1) is 14.3. The lowest BCUT2D eigenvalue weighted by molar-refractivity contribution is -0.128. The minimum atomic E-state index is -0.332. The molecule has 0 bridgehead atoms. The molecule has 4 nitrogen and oxygen atoms in total. The normalized spacial score (nSPS) is 23.5. The van der Waals surface area contributed by atoms with Crippen molar-refractivity contribution in [3.63, 3.8) is 0 Å². The van der Waals surface area contributed by atoms with Gasteiger partial charge in [0.2, 0.25) is 0 Å².